The number of ether oxygens (including phenoxy) is 4. The van der Waals surface area contributed by atoms with E-state index in [9.17, 15) is 33.6 Å². The van der Waals surface area contributed by atoms with E-state index < -0.39 is 79.5 Å². The molecule has 14 heteroatoms. The zero-order valence-corrected chi connectivity index (χ0v) is 31.3. The van der Waals surface area contributed by atoms with Crippen LogP contribution >= 0.6 is 0 Å². The summed E-state index contributed by atoms with van der Waals surface area (Å²) in [6, 6.07) is 26.3. The fourth-order valence-electron chi connectivity index (χ4n) is 5.91. The Balaban J connectivity index is 1.37. The molecule has 296 valence electrons. The van der Waals surface area contributed by atoms with Crippen LogP contribution in [0.3, 0.4) is 0 Å². The highest BCUT2D eigenvalue weighted by Crippen LogP contribution is 2.21. The van der Waals surface area contributed by atoms with Gasteiger partial charge in [-0.3, -0.25) is 0 Å². The van der Waals surface area contributed by atoms with Gasteiger partial charge in [0.15, 0.2) is 12.2 Å². The van der Waals surface area contributed by atoms with Crippen LogP contribution in [-0.2, 0) is 57.8 Å². The lowest BCUT2D eigenvalue weighted by atomic mass is 10.0. The molecule has 4 aromatic carbocycles. The SMILES string of the molecule is C=CCn1c(=O)n(CC(COC(=O)/C=C/c2cccc3ccccc23)OC(=O)C=C)c(=O)n(CC(COC(=O)/C=C/c2cccc3ccccc23)OC(=O)C=C)c1=O. The highest BCUT2D eigenvalue weighted by molar-refractivity contribution is 5.96. The number of carbonyl (C=O) groups is 4. The van der Waals surface area contributed by atoms with E-state index in [0.717, 1.165) is 44.8 Å². The molecule has 0 aliphatic rings. The average Bonchev–Trinajstić information content (AvgIpc) is 3.24. The standard InChI is InChI=1S/C44H39N3O11/c1-4-25-45-42(52)46(26-34(57-38(48)5-2)28-55-40(50)23-21-32-17-11-15-30-13-7-9-19-36(30)32)44(54)47(43(45)53)27-35(58-39(49)6-3)29-56-41(51)24-22-33-18-12-16-31-14-8-10-20-37(31)33/h4-24,34-35H,1-3,25-29H2/b23-21+,24-22+. The molecule has 0 aliphatic heterocycles. The van der Waals surface area contributed by atoms with Crippen LogP contribution in [0.15, 0.2) is 149 Å². The molecule has 58 heavy (non-hydrogen) atoms. The zero-order chi connectivity index (χ0) is 41.6. The van der Waals surface area contributed by atoms with Crippen LogP contribution in [0, 0.1) is 0 Å². The van der Waals surface area contributed by atoms with Crippen molar-refractivity contribution in [2.24, 2.45) is 0 Å². The summed E-state index contributed by atoms with van der Waals surface area (Å²) < 4.78 is 23.2. The van der Waals surface area contributed by atoms with Crippen LogP contribution in [0.2, 0.25) is 0 Å². The van der Waals surface area contributed by atoms with Crippen molar-refractivity contribution in [3.05, 3.63) is 178 Å². The average molecular weight is 786 g/mol. The lowest BCUT2D eigenvalue weighted by Gasteiger charge is -2.21. The minimum Gasteiger partial charge on any atom is -0.459 e. The quantitative estimate of drug-likeness (QED) is 0.0535. The van der Waals surface area contributed by atoms with Gasteiger partial charge in [-0.25, -0.2) is 47.3 Å². The Morgan fingerprint density at radius 2 is 0.931 bits per heavy atom. The number of allylic oxidation sites excluding steroid dienone is 1. The minimum absolute atomic E-state index is 0.353. The summed E-state index contributed by atoms with van der Waals surface area (Å²) in [6.07, 6.45) is 5.54. The first-order valence-electron chi connectivity index (χ1n) is 17.9. The number of hydrogen-bond donors (Lipinski definition) is 0. The van der Waals surface area contributed by atoms with Crippen molar-refractivity contribution < 1.29 is 38.1 Å². The van der Waals surface area contributed by atoms with Gasteiger partial charge in [0.2, 0.25) is 0 Å². The normalized spacial score (nSPS) is 12.2. The molecule has 2 atom stereocenters. The van der Waals surface area contributed by atoms with Crippen LogP contribution in [0.25, 0.3) is 33.7 Å². The molecule has 14 nitrogen and oxygen atoms in total. The first-order chi connectivity index (χ1) is 28.0. The van der Waals surface area contributed by atoms with Gasteiger partial charge in [-0.2, -0.15) is 0 Å². The number of benzene rings is 4. The summed E-state index contributed by atoms with van der Waals surface area (Å²) in [6.45, 7) is 7.37. The number of fused-ring (bicyclic) bond motifs is 2. The number of carbonyl (C=O) groups excluding carboxylic acids is 4. The van der Waals surface area contributed by atoms with Gasteiger partial charge >= 0.3 is 40.9 Å². The molecule has 1 heterocycles. The second-order valence-corrected chi connectivity index (χ2v) is 12.6. The van der Waals surface area contributed by atoms with Gasteiger partial charge in [-0.05, 0) is 44.8 Å². The highest BCUT2D eigenvalue weighted by Gasteiger charge is 2.25. The summed E-state index contributed by atoms with van der Waals surface area (Å²) in [5.74, 6) is -3.54. The summed E-state index contributed by atoms with van der Waals surface area (Å²) in [7, 11) is 0. The van der Waals surface area contributed by atoms with Crippen molar-refractivity contribution >= 4 is 57.6 Å². The van der Waals surface area contributed by atoms with E-state index >= 15 is 0 Å². The molecule has 0 N–H and O–H groups in total. The largest absolute Gasteiger partial charge is 0.459 e. The molecule has 0 bridgehead atoms. The second kappa shape index (κ2) is 19.8. The molecule has 0 radical (unpaired) electrons. The Morgan fingerprint density at radius 3 is 1.34 bits per heavy atom. The molecule has 0 amide bonds. The van der Waals surface area contributed by atoms with E-state index in [1.807, 2.05) is 84.9 Å². The number of esters is 4. The number of nitrogens with zero attached hydrogens (tertiary/aromatic N) is 3. The summed E-state index contributed by atoms with van der Waals surface area (Å²) in [5, 5.41) is 3.70. The highest BCUT2D eigenvalue weighted by atomic mass is 16.6. The van der Waals surface area contributed by atoms with Crippen molar-refractivity contribution in [2.45, 2.75) is 31.8 Å². The van der Waals surface area contributed by atoms with E-state index in [-0.39, 0.29) is 6.54 Å². The van der Waals surface area contributed by atoms with Gasteiger partial charge in [0, 0.05) is 24.3 Å². The topological polar surface area (TPSA) is 171 Å². The molecule has 5 aromatic rings. The fraction of sp³-hybridized carbons (Fsp3) is 0.159. The predicted molar refractivity (Wildman–Crippen MR) is 217 cm³/mol. The monoisotopic (exact) mass is 785 g/mol. The van der Waals surface area contributed by atoms with Crippen molar-refractivity contribution in [3.63, 3.8) is 0 Å². The second-order valence-electron chi connectivity index (χ2n) is 12.6. The van der Waals surface area contributed by atoms with Gasteiger partial charge in [0.05, 0.1) is 19.6 Å². The lowest BCUT2D eigenvalue weighted by Crippen LogP contribution is -2.57. The number of aromatic nitrogens is 3. The van der Waals surface area contributed by atoms with Crippen LogP contribution in [0.1, 0.15) is 11.1 Å². The first kappa shape index (κ1) is 41.6. The Morgan fingerprint density at radius 1 is 0.534 bits per heavy atom. The van der Waals surface area contributed by atoms with Crippen LogP contribution in [-0.4, -0.2) is 63.0 Å². The third kappa shape index (κ3) is 10.6. The molecular weight excluding hydrogens is 746 g/mol. The van der Waals surface area contributed by atoms with E-state index in [1.54, 1.807) is 12.2 Å². The smallest absolute Gasteiger partial charge is 0.336 e. The van der Waals surface area contributed by atoms with Gasteiger partial charge in [-0.1, -0.05) is 104 Å². The van der Waals surface area contributed by atoms with Crippen LogP contribution in [0.4, 0.5) is 0 Å². The maximum Gasteiger partial charge on any atom is 0.336 e. The Kier molecular flexibility index (Phi) is 14.2. The molecule has 5 rings (SSSR count). The lowest BCUT2D eigenvalue weighted by molar-refractivity contribution is -0.153. The summed E-state index contributed by atoms with van der Waals surface area (Å²) in [5.41, 5.74) is -1.91. The minimum atomic E-state index is -1.42. The maximum absolute atomic E-state index is 13.9. The molecule has 0 fully saturated rings. The van der Waals surface area contributed by atoms with Crippen LogP contribution in [0.5, 0.6) is 0 Å². The van der Waals surface area contributed by atoms with Crippen molar-refractivity contribution in [3.8, 4) is 0 Å². The van der Waals surface area contributed by atoms with E-state index in [0.29, 0.717) is 13.7 Å². The fourth-order valence-corrected chi connectivity index (χ4v) is 5.91. The van der Waals surface area contributed by atoms with Crippen molar-refractivity contribution in [1.29, 1.82) is 0 Å². The Bertz CT molecular complexity index is 2450. The molecule has 2 unspecified atom stereocenters. The van der Waals surface area contributed by atoms with Gasteiger partial charge < -0.3 is 18.9 Å². The van der Waals surface area contributed by atoms with E-state index in [4.69, 9.17) is 18.9 Å². The third-order valence-electron chi connectivity index (χ3n) is 8.64. The molecular formula is C44H39N3O11. The first-order valence-corrected chi connectivity index (χ1v) is 17.9. The van der Waals surface area contributed by atoms with Crippen molar-refractivity contribution in [2.75, 3.05) is 13.2 Å². The molecule has 0 saturated heterocycles. The molecule has 0 spiro atoms. The summed E-state index contributed by atoms with van der Waals surface area (Å²) in [4.78, 5) is 91.2. The summed E-state index contributed by atoms with van der Waals surface area (Å²) >= 11 is 0. The molecule has 1 aromatic heterocycles. The van der Waals surface area contributed by atoms with Gasteiger partial charge in [0.1, 0.15) is 13.2 Å². The molecule has 0 aliphatic carbocycles. The zero-order valence-electron chi connectivity index (χ0n) is 31.3. The predicted octanol–water partition coefficient (Wildman–Crippen LogP) is 4.37. The number of hydrogen-bond acceptors (Lipinski definition) is 11. The molecule has 0 saturated carbocycles. The van der Waals surface area contributed by atoms with Crippen LogP contribution < -0.4 is 17.1 Å². The van der Waals surface area contributed by atoms with Gasteiger partial charge in [0.25, 0.3) is 0 Å². The van der Waals surface area contributed by atoms with Crippen molar-refractivity contribution in [1.82, 2.24) is 13.7 Å². The third-order valence-corrected chi connectivity index (χ3v) is 8.64. The van der Waals surface area contributed by atoms with E-state index in [2.05, 4.69) is 19.7 Å². The Hall–Kier alpha value is -7.61. The van der Waals surface area contributed by atoms with Gasteiger partial charge in [-0.15, -0.1) is 6.58 Å². The van der Waals surface area contributed by atoms with E-state index in [1.165, 1.54) is 18.2 Å². The Labute approximate surface area is 331 Å². The maximum atomic E-state index is 13.9. The number of rotatable bonds is 18.